The molecule has 1 aliphatic heterocycles. The molecule has 0 aliphatic carbocycles. The summed E-state index contributed by atoms with van der Waals surface area (Å²) in [6.45, 7) is 8.51. The molecular formula is C19H29N3O. The van der Waals surface area contributed by atoms with Gasteiger partial charge in [0.1, 0.15) is 0 Å². The Balaban J connectivity index is 1.80. The van der Waals surface area contributed by atoms with Gasteiger partial charge in [0.25, 0.3) is 0 Å². The molecule has 0 bridgehead atoms. The van der Waals surface area contributed by atoms with Crippen molar-refractivity contribution in [1.29, 1.82) is 0 Å². The molecule has 0 aromatic heterocycles. The molecule has 2 N–H and O–H groups in total. The molecule has 4 nitrogen and oxygen atoms in total. The molecule has 1 atom stereocenters. The largest absolute Gasteiger partial charge is 0.377 e. The third kappa shape index (κ3) is 6.45. The van der Waals surface area contributed by atoms with Gasteiger partial charge >= 0.3 is 0 Å². The fraction of sp³-hybridized carbons (Fsp3) is 0.526. The Kier molecular flexibility index (Phi) is 7.67. The average molecular weight is 315 g/mol. The van der Waals surface area contributed by atoms with E-state index in [9.17, 15) is 0 Å². The van der Waals surface area contributed by atoms with Gasteiger partial charge in [-0.2, -0.15) is 0 Å². The van der Waals surface area contributed by atoms with Crippen LogP contribution in [-0.4, -0.2) is 38.8 Å². The first-order valence-corrected chi connectivity index (χ1v) is 8.62. The molecule has 126 valence electrons. The summed E-state index contributed by atoms with van der Waals surface area (Å²) < 4.78 is 5.34. The quantitative estimate of drug-likeness (QED) is 0.462. The summed E-state index contributed by atoms with van der Waals surface area (Å²) >= 11 is 0. The summed E-state index contributed by atoms with van der Waals surface area (Å²) in [4.78, 5) is 4.72. The molecule has 1 aromatic rings. The average Bonchev–Trinajstić information content (AvgIpc) is 2.61. The molecular weight excluding hydrogens is 286 g/mol. The number of hydrogen-bond donors (Lipinski definition) is 2. The van der Waals surface area contributed by atoms with E-state index in [1.54, 1.807) is 0 Å². The number of nitrogens with zero attached hydrogens (tertiary/aromatic N) is 1. The first-order chi connectivity index (χ1) is 11.3. The van der Waals surface area contributed by atoms with E-state index >= 15 is 0 Å². The zero-order chi connectivity index (χ0) is 16.3. The summed E-state index contributed by atoms with van der Waals surface area (Å²) in [6.07, 6.45) is 4.31. The second kappa shape index (κ2) is 10.1. The van der Waals surface area contributed by atoms with Gasteiger partial charge in [-0.25, -0.2) is 0 Å². The van der Waals surface area contributed by atoms with Gasteiger partial charge in [-0.3, -0.25) is 4.99 Å². The van der Waals surface area contributed by atoms with E-state index < -0.39 is 0 Å². The lowest BCUT2D eigenvalue weighted by Crippen LogP contribution is -2.38. The van der Waals surface area contributed by atoms with Gasteiger partial charge < -0.3 is 15.4 Å². The molecule has 1 aliphatic rings. The highest BCUT2D eigenvalue weighted by molar-refractivity contribution is 5.79. The van der Waals surface area contributed by atoms with E-state index in [2.05, 4.69) is 60.9 Å². The van der Waals surface area contributed by atoms with Gasteiger partial charge in [0.15, 0.2) is 5.96 Å². The van der Waals surface area contributed by atoms with E-state index in [-0.39, 0.29) is 0 Å². The lowest BCUT2D eigenvalue weighted by molar-refractivity contribution is 0.153. The van der Waals surface area contributed by atoms with Crippen LogP contribution in [0.5, 0.6) is 0 Å². The highest BCUT2D eigenvalue weighted by atomic mass is 16.5. The Morgan fingerprint density at radius 1 is 1.26 bits per heavy atom. The molecule has 0 spiro atoms. The number of nitrogens with one attached hydrogen (secondary N) is 2. The predicted molar refractivity (Wildman–Crippen MR) is 97.0 cm³/mol. The van der Waals surface area contributed by atoms with Crippen molar-refractivity contribution in [3.05, 3.63) is 47.5 Å². The molecule has 2 rings (SSSR count). The lowest BCUT2D eigenvalue weighted by atomic mass is 10.0. The molecule has 1 unspecified atom stereocenters. The number of hydrogen-bond acceptors (Lipinski definition) is 2. The second-order valence-electron chi connectivity index (χ2n) is 5.90. The van der Waals surface area contributed by atoms with E-state index in [1.807, 2.05) is 0 Å². The van der Waals surface area contributed by atoms with Crippen LogP contribution in [0.2, 0.25) is 0 Å². The lowest BCUT2D eigenvalue weighted by Gasteiger charge is -2.16. The van der Waals surface area contributed by atoms with E-state index in [0.717, 1.165) is 51.6 Å². The molecule has 4 heteroatoms. The summed E-state index contributed by atoms with van der Waals surface area (Å²) in [6, 6.07) is 10.5. The van der Waals surface area contributed by atoms with Crippen molar-refractivity contribution in [2.45, 2.75) is 32.6 Å². The molecule has 0 saturated heterocycles. The van der Waals surface area contributed by atoms with Crippen LogP contribution in [0.4, 0.5) is 0 Å². The molecule has 1 heterocycles. The van der Waals surface area contributed by atoms with Gasteiger partial charge in [-0.1, -0.05) is 48.9 Å². The smallest absolute Gasteiger partial charge is 0.191 e. The number of benzene rings is 1. The minimum atomic E-state index is 0.421. The maximum absolute atomic E-state index is 5.34. The SMILES string of the molecule is CCNC(=NCC(C)c1ccccc1)NCCC1=CCOCC1. The number of guanidine groups is 1. The molecule has 23 heavy (non-hydrogen) atoms. The van der Waals surface area contributed by atoms with Crippen molar-refractivity contribution in [2.75, 3.05) is 32.8 Å². The van der Waals surface area contributed by atoms with Crippen LogP contribution in [0.3, 0.4) is 0 Å². The van der Waals surface area contributed by atoms with Crippen molar-refractivity contribution in [1.82, 2.24) is 10.6 Å². The van der Waals surface area contributed by atoms with E-state index in [0.29, 0.717) is 5.92 Å². The van der Waals surface area contributed by atoms with Gasteiger partial charge in [0, 0.05) is 25.6 Å². The first-order valence-electron chi connectivity index (χ1n) is 8.62. The van der Waals surface area contributed by atoms with Gasteiger partial charge in [-0.15, -0.1) is 0 Å². The van der Waals surface area contributed by atoms with Crippen LogP contribution < -0.4 is 10.6 Å². The summed E-state index contributed by atoms with van der Waals surface area (Å²) in [7, 11) is 0. The van der Waals surface area contributed by atoms with Crippen LogP contribution in [0.1, 0.15) is 38.2 Å². The Hall–Kier alpha value is -1.81. The third-order valence-electron chi connectivity index (χ3n) is 4.03. The molecule has 1 aromatic carbocycles. The molecule has 0 amide bonds. The van der Waals surface area contributed by atoms with E-state index in [1.165, 1.54) is 11.1 Å². The van der Waals surface area contributed by atoms with Gasteiger partial charge in [-0.05, 0) is 25.3 Å². The normalized spacial score (nSPS) is 16.6. The number of ether oxygens (including phenoxy) is 1. The summed E-state index contributed by atoms with van der Waals surface area (Å²) in [5.41, 5.74) is 2.82. The molecule has 0 saturated carbocycles. The monoisotopic (exact) mass is 315 g/mol. The Morgan fingerprint density at radius 3 is 2.78 bits per heavy atom. The zero-order valence-electron chi connectivity index (χ0n) is 14.3. The topological polar surface area (TPSA) is 45.7 Å². The van der Waals surface area contributed by atoms with Crippen molar-refractivity contribution >= 4 is 5.96 Å². The van der Waals surface area contributed by atoms with Crippen LogP contribution in [0, 0.1) is 0 Å². The van der Waals surface area contributed by atoms with Crippen LogP contribution in [0.25, 0.3) is 0 Å². The number of aliphatic imine (C=N–C) groups is 1. The minimum absolute atomic E-state index is 0.421. The van der Waals surface area contributed by atoms with Crippen LogP contribution >= 0.6 is 0 Å². The van der Waals surface area contributed by atoms with Gasteiger partial charge in [0.05, 0.1) is 13.2 Å². The Morgan fingerprint density at radius 2 is 2.09 bits per heavy atom. The second-order valence-corrected chi connectivity index (χ2v) is 5.90. The zero-order valence-corrected chi connectivity index (χ0v) is 14.3. The predicted octanol–water partition coefficient (Wildman–Crippen LogP) is 3.08. The van der Waals surface area contributed by atoms with Crippen molar-refractivity contribution in [2.24, 2.45) is 4.99 Å². The van der Waals surface area contributed by atoms with Crippen LogP contribution in [-0.2, 0) is 4.74 Å². The fourth-order valence-corrected chi connectivity index (χ4v) is 2.59. The Labute approximate surface area is 140 Å². The van der Waals surface area contributed by atoms with Crippen molar-refractivity contribution in [3.63, 3.8) is 0 Å². The summed E-state index contributed by atoms with van der Waals surface area (Å²) in [5.74, 6) is 1.33. The maximum atomic E-state index is 5.34. The van der Waals surface area contributed by atoms with Gasteiger partial charge in [0.2, 0.25) is 0 Å². The third-order valence-corrected chi connectivity index (χ3v) is 4.03. The first kappa shape index (κ1) is 17.5. The summed E-state index contributed by atoms with van der Waals surface area (Å²) in [5, 5.41) is 6.75. The minimum Gasteiger partial charge on any atom is -0.377 e. The molecule has 0 radical (unpaired) electrons. The standard InChI is InChI=1S/C19H29N3O/c1-3-20-19(21-12-9-17-10-13-23-14-11-17)22-15-16(2)18-7-5-4-6-8-18/h4-8,10,16H,3,9,11-15H2,1-2H3,(H2,20,21,22). The van der Waals surface area contributed by atoms with Crippen molar-refractivity contribution < 1.29 is 4.74 Å². The van der Waals surface area contributed by atoms with E-state index in [4.69, 9.17) is 9.73 Å². The van der Waals surface area contributed by atoms with Crippen LogP contribution in [0.15, 0.2) is 47.0 Å². The molecule has 0 fully saturated rings. The maximum Gasteiger partial charge on any atom is 0.191 e. The number of rotatable bonds is 7. The fourth-order valence-electron chi connectivity index (χ4n) is 2.59. The van der Waals surface area contributed by atoms with Crippen molar-refractivity contribution in [3.8, 4) is 0 Å². The highest BCUT2D eigenvalue weighted by Gasteiger charge is 2.06. The highest BCUT2D eigenvalue weighted by Crippen LogP contribution is 2.14. The Bertz CT molecular complexity index is 511.